The molecule has 3 fully saturated rings. The van der Waals surface area contributed by atoms with Gasteiger partial charge in [-0.15, -0.1) is 0 Å². The highest BCUT2D eigenvalue weighted by Crippen LogP contribution is 2.42. The lowest BCUT2D eigenvalue weighted by Gasteiger charge is -2.23. The van der Waals surface area contributed by atoms with Crippen LogP contribution in [0.2, 0.25) is 0 Å². The SMILES string of the molecule is CCCC1NC2(CC2)C(=O)N1CCOCC1CC1. The zero-order valence-electron chi connectivity index (χ0n) is 11.3. The number of rotatable bonds is 7. The summed E-state index contributed by atoms with van der Waals surface area (Å²) in [5.41, 5.74) is -0.170. The lowest BCUT2D eigenvalue weighted by Crippen LogP contribution is -2.39. The Balaban J connectivity index is 1.48. The highest BCUT2D eigenvalue weighted by molar-refractivity contribution is 5.91. The maximum atomic E-state index is 12.3. The number of carbonyl (C=O) groups is 1. The van der Waals surface area contributed by atoms with Gasteiger partial charge >= 0.3 is 0 Å². The number of hydrogen-bond donors (Lipinski definition) is 1. The second-order valence-corrected chi connectivity index (χ2v) is 6.05. The van der Waals surface area contributed by atoms with Crippen LogP contribution in [0.1, 0.15) is 45.4 Å². The number of carbonyl (C=O) groups excluding carboxylic acids is 1. The minimum atomic E-state index is -0.170. The van der Waals surface area contributed by atoms with Crippen molar-refractivity contribution in [3.63, 3.8) is 0 Å². The molecule has 1 heterocycles. The maximum Gasteiger partial charge on any atom is 0.244 e. The Morgan fingerprint density at radius 1 is 1.44 bits per heavy atom. The molecule has 1 unspecified atom stereocenters. The minimum absolute atomic E-state index is 0.170. The van der Waals surface area contributed by atoms with Gasteiger partial charge in [-0.1, -0.05) is 13.3 Å². The van der Waals surface area contributed by atoms with Crippen molar-refractivity contribution in [3.8, 4) is 0 Å². The summed E-state index contributed by atoms with van der Waals surface area (Å²) >= 11 is 0. The van der Waals surface area contributed by atoms with Crippen LogP contribution in [0.15, 0.2) is 0 Å². The summed E-state index contributed by atoms with van der Waals surface area (Å²) in [5, 5.41) is 3.52. The van der Waals surface area contributed by atoms with E-state index >= 15 is 0 Å². The molecule has 0 aromatic rings. The van der Waals surface area contributed by atoms with Crippen LogP contribution in [0.4, 0.5) is 0 Å². The lowest BCUT2D eigenvalue weighted by molar-refractivity contribution is -0.131. The zero-order valence-corrected chi connectivity index (χ0v) is 11.3. The third kappa shape index (κ3) is 2.41. The summed E-state index contributed by atoms with van der Waals surface area (Å²) in [6, 6.07) is 0. The first-order valence-electron chi connectivity index (χ1n) is 7.42. The van der Waals surface area contributed by atoms with Crippen LogP contribution in [0.5, 0.6) is 0 Å². The Labute approximate surface area is 109 Å². The van der Waals surface area contributed by atoms with Crippen molar-refractivity contribution in [2.45, 2.75) is 57.2 Å². The standard InChI is InChI=1S/C14H24N2O2/c1-2-3-12-15-14(6-7-14)13(17)16(12)8-9-18-10-11-4-5-11/h11-12,15H,2-10H2,1H3. The van der Waals surface area contributed by atoms with Crippen LogP contribution in [-0.4, -0.2) is 42.3 Å². The third-order valence-electron chi connectivity index (χ3n) is 4.33. The number of hydrogen-bond acceptors (Lipinski definition) is 3. The van der Waals surface area contributed by atoms with Crippen molar-refractivity contribution in [1.29, 1.82) is 0 Å². The molecule has 1 spiro atoms. The first kappa shape index (κ1) is 12.4. The predicted molar refractivity (Wildman–Crippen MR) is 69.1 cm³/mol. The molecule has 1 amide bonds. The summed E-state index contributed by atoms with van der Waals surface area (Å²) in [6.45, 7) is 4.51. The first-order valence-corrected chi connectivity index (χ1v) is 7.42. The minimum Gasteiger partial charge on any atom is -0.379 e. The van der Waals surface area contributed by atoms with E-state index in [9.17, 15) is 4.79 Å². The van der Waals surface area contributed by atoms with Gasteiger partial charge in [0.25, 0.3) is 0 Å². The largest absolute Gasteiger partial charge is 0.379 e. The van der Waals surface area contributed by atoms with Gasteiger partial charge in [0.15, 0.2) is 0 Å². The molecular formula is C14H24N2O2. The van der Waals surface area contributed by atoms with E-state index in [1.807, 2.05) is 4.90 Å². The Morgan fingerprint density at radius 3 is 2.83 bits per heavy atom. The molecule has 0 bridgehead atoms. The van der Waals surface area contributed by atoms with Gasteiger partial charge in [0, 0.05) is 13.2 Å². The Morgan fingerprint density at radius 2 is 2.22 bits per heavy atom. The molecule has 4 nitrogen and oxygen atoms in total. The van der Waals surface area contributed by atoms with Gasteiger partial charge in [-0.3, -0.25) is 10.1 Å². The van der Waals surface area contributed by atoms with Gasteiger partial charge in [-0.05, 0) is 38.0 Å². The van der Waals surface area contributed by atoms with Crippen molar-refractivity contribution in [1.82, 2.24) is 10.2 Å². The smallest absolute Gasteiger partial charge is 0.244 e. The van der Waals surface area contributed by atoms with Crippen LogP contribution in [0.25, 0.3) is 0 Å². The first-order chi connectivity index (χ1) is 8.75. The average Bonchev–Trinajstić information content (AvgIpc) is 3.22. The van der Waals surface area contributed by atoms with Crippen LogP contribution in [0.3, 0.4) is 0 Å². The van der Waals surface area contributed by atoms with E-state index in [1.54, 1.807) is 0 Å². The number of nitrogens with zero attached hydrogens (tertiary/aromatic N) is 1. The molecule has 18 heavy (non-hydrogen) atoms. The summed E-state index contributed by atoms with van der Waals surface area (Å²) in [6.07, 6.45) is 7.10. The monoisotopic (exact) mass is 252 g/mol. The zero-order chi connectivity index (χ0) is 12.6. The van der Waals surface area contributed by atoms with E-state index < -0.39 is 0 Å². The number of nitrogens with one attached hydrogen (secondary N) is 1. The predicted octanol–water partition coefficient (Wildman–Crippen LogP) is 1.50. The van der Waals surface area contributed by atoms with Gasteiger partial charge in [0.2, 0.25) is 5.91 Å². The van der Waals surface area contributed by atoms with E-state index in [-0.39, 0.29) is 11.7 Å². The number of amides is 1. The molecule has 0 aromatic carbocycles. The fourth-order valence-corrected chi connectivity index (χ4v) is 2.81. The quantitative estimate of drug-likeness (QED) is 0.698. The lowest BCUT2D eigenvalue weighted by atomic mass is 10.2. The highest BCUT2D eigenvalue weighted by Gasteiger charge is 2.58. The van der Waals surface area contributed by atoms with E-state index in [2.05, 4.69) is 12.2 Å². The number of ether oxygens (including phenoxy) is 1. The normalized spacial score (nSPS) is 29.3. The molecule has 3 rings (SSSR count). The van der Waals surface area contributed by atoms with Gasteiger partial charge in [0.1, 0.15) is 0 Å². The summed E-state index contributed by atoms with van der Waals surface area (Å²) < 4.78 is 5.66. The second-order valence-electron chi connectivity index (χ2n) is 6.05. The molecule has 102 valence electrons. The van der Waals surface area contributed by atoms with Crippen molar-refractivity contribution in [2.75, 3.05) is 19.8 Å². The fourth-order valence-electron chi connectivity index (χ4n) is 2.81. The van der Waals surface area contributed by atoms with E-state index in [4.69, 9.17) is 4.74 Å². The van der Waals surface area contributed by atoms with Crippen molar-refractivity contribution in [2.24, 2.45) is 5.92 Å². The maximum absolute atomic E-state index is 12.3. The Kier molecular flexibility index (Phi) is 3.32. The molecule has 1 aliphatic heterocycles. The molecule has 1 saturated heterocycles. The molecule has 1 N–H and O–H groups in total. The summed E-state index contributed by atoms with van der Waals surface area (Å²) in [4.78, 5) is 14.3. The highest BCUT2D eigenvalue weighted by atomic mass is 16.5. The van der Waals surface area contributed by atoms with E-state index in [0.29, 0.717) is 12.5 Å². The van der Waals surface area contributed by atoms with Gasteiger partial charge in [-0.2, -0.15) is 0 Å². The topological polar surface area (TPSA) is 41.6 Å². The van der Waals surface area contributed by atoms with E-state index in [0.717, 1.165) is 44.8 Å². The molecule has 0 radical (unpaired) electrons. The van der Waals surface area contributed by atoms with Crippen molar-refractivity contribution < 1.29 is 9.53 Å². The Hall–Kier alpha value is -0.610. The molecule has 0 aromatic heterocycles. The van der Waals surface area contributed by atoms with Crippen LogP contribution in [-0.2, 0) is 9.53 Å². The molecule has 4 heteroatoms. The molecule has 3 aliphatic rings. The molecule has 1 atom stereocenters. The van der Waals surface area contributed by atoms with Gasteiger partial charge in [-0.25, -0.2) is 0 Å². The molecule has 2 saturated carbocycles. The van der Waals surface area contributed by atoms with Gasteiger partial charge < -0.3 is 9.64 Å². The van der Waals surface area contributed by atoms with Gasteiger partial charge in [0.05, 0.1) is 18.3 Å². The second kappa shape index (κ2) is 4.82. The van der Waals surface area contributed by atoms with Crippen LogP contribution >= 0.6 is 0 Å². The van der Waals surface area contributed by atoms with E-state index in [1.165, 1.54) is 12.8 Å². The summed E-state index contributed by atoms with van der Waals surface area (Å²) in [7, 11) is 0. The average molecular weight is 252 g/mol. The third-order valence-corrected chi connectivity index (χ3v) is 4.33. The fraction of sp³-hybridized carbons (Fsp3) is 0.929. The Bertz CT molecular complexity index is 324. The summed E-state index contributed by atoms with van der Waals surface area (Å²) in [5.74, 6) is 1.12. The van der Waals surface area contributed by atoms with Crippen molar-refractivity contribution in [3.05, 3.63) is 0 Å². The van der Waals surface area contributed by atoms with Crippen LogP contribution in [0, 0.1) is 5.92 Å². The van der Waals surface area contributed by atoms with Crippen molar-refractivity contribution >= 4 is 5.91 Å². The van der Waals surface area contributed by atoms with Crippen LogP contribution < -0.4 is 5.32 Å². The molecular weight excluding hydrogens is 228 g/mol. The molecule has 2 aliphatic carbocycles.